The fourth-order valence-corrected chi connectivity index (χ4v) is 5.33. The molecule has 6 nitrogen and oxygen atoms in total. The van der Waals surface area contributed by atoms with E-state index in [2.05, 4.69) is 5.73 Å². The van der Waals surface area contributed by atoms with Gasteiger partial charge in [0.05, 0.1) is 21.2 Å². The molecular formula is C28H29Cl3N3O3+. The van der Waals surface area contributed by atoms with Crippen LogP contribution in [-0.2, 0) is 0 Å². The zero-order chi connectivity index (χ0) is 26.9. The summed E-state index contributed by atoms with van der Waals surface area (Å²) in [5.74, 6) is 6.64. The van der Waals surface area contributed by atoms with Crippen LogP contribution >= 0.6 is 34.8 Å². The van der Waals surface area contributed by atoms with E-state index in [4.69, 9.17) is 50.5 Å². The molecule has 6 N–H and O–H groups in total. The monoisotopic (exact) mass is 560 g/mol. The van der Waals surface area contributed by atoms with E-state index in [0.29, 0.717) is 43.7 Å². The Morgan fingerprint density at radius 3 is 2.27 bits per heavy atom. The summed E-state index contributed by atoms with van der Waals surface area (Å²) in [6, 6.07) is 18.0. The Balaban J connectivity index is 1.51. The van der Waals surface area contributed by atoms with Gasteiger partial charge in [-0.25, -0.2) is 10.6 Å². The molecule has 1 aliphatic carbocycles. The van der Waals surface area contributed by atoms with Crippen LogP contribution in [0.1, 0.15) is 59.2 Å². The number of aromatic carboxylic acids is 1. The molecule has 0 saturated heterocycles. The summed E-state index contributed by atoms with van der Waals surface area (Å²) in [7, 11) is 0. The first kappa shape index (κ1) is 27.3. The third-order valence-electron chi connectivity index (χ3n) is 6.60. The Morgan fingerprint density at radius 1 is 1.05 bits per heavy atom. The highest BCUT2D eigenvalue weighted by atomic mass is 35.5. The van der Waals surface area contributed by atoms with Crippen LogP contribution in [0.25, 0.3) is 5.70 Å². The van der Waals surface area contributed by atoms with Crippen molar-refractivity contribution in [1.82, 2.24) is 5.01 Å². The Labute approximate surface area is 231 Å². The molecule has 0 aromatic heterocycles. The maximum Gasteiger partial charge on any atom is 0.335 e. The number of ether oxygens (including phenoxy) is 1. The second kappa shape index (κ2) is 11.3. The molecule has 194 valence electrons. The molecule has 0 heterocycles. The molecular weight excluding hydrogens is 533 g/mol. The number of carboxylic acid groups (broad SMARTS) is 1. The summed E-state index contributed by atoms with van der Waals surface area (Å²) in [5.41, 5.74) is 8.50. The molecule has 9 heteroatoms. The predicted molar refractivity (Wildman–Crippen MR) is 148 cm³/mol. The Kier molecular flexibility index (Phi) is 8.36. The van der Waals surface area contributed by atoms with Gasteiger partial charge in [-0.15, -0.1) is 0 Å². The lowest BCUT2D eigenvalue weighted by atomic mass is 10.0. The van der Waals surface area contributed by atoms with Crippen LogP contribution in [0.3, 0.4) is 0 Å². The Hall–Kier alpha value is -2.74. The molecule has 3 aromatic rings. The fourth-order valence-electron chi connectivity index (χ4n) is 4.39. The molecule has 1 fully saturated rings. The van der Waals surface area contributed by atoms with E-state index < -0.39 is 5.97 Å². The van der Waals surface area contributed by atoms with Crippen LogP contribution in [0.5, 0.6) is 5.75 Å². The number of hydrogen-bond acceptors (Lipinski definition) is 4. The number of quaternary nitrogens is 1. The highest BCUT2D eigenvalue weighted by Crippen LogP contribution is 2.56. The van der Waals surface area contributed by atoms with Crippen LogP contribution in [0, 0.1) is 0 Å². The van der Waals surface area contributed by atoms with Crippen LogP contribution in [-0.4, -0.2) is 28.7 Å². The fraction of sp³-hybridized carbons (Fsp3) is 0.250. The van der Waals surface area contributed by atoms with Crippen molar-refractivity contribution >= 4 is 46.5 Å². The van der Waals surface area contributed by atoms with Gasteiger partial charge in [0.15, 0.2) is 5.70 Å². The van der Waals surface area contributed by atoms with Crippen molar-refractivity contribution in [3.63, 3.8) is 0 Å². The van der Waals surface area contributed by atoms with Gasteiger partial charge in [-0.1, -0.05) is 59.1 Å². The summed E-state index contributed by atoms with van der Waals surface area (Å²) in [6.07, 6.45) is 0.958. The minimum atomic E-state index is -0.928. The van der Waals surface area contributed by atoms with Gasteiger partial charge in [0.2, 0.25) is 0 Å². The number of nitrogens with zero attached hydrogens (tertiary/aromatic N) is 1. The number of rotatable bonds is 9. The molecule has 0 bridgehead atoms. The van der Waals surface area contributed by atoms with Crippen molar-refractivity contribution < 1.29 is 20.4 Å². The summed E-state index contributed by atoms with van der Waals surface area (Å²) in [6.45, 7) is 4.08. The molecule has 0 aliphatic heterocycles. The first-order valence-electron chi connectivity index (χ1n) is 11.9. The van der Waals surface area contributed by atoms with Gasteiger partial charge in [-0.05, 0) is 79.6 Å². The molecule has 1 aliphatic rings. The molecule has 0 amide bonds. The van der Waals surface area contributed by atoms with Crippen LogP contribution < -0.4 is 16.3 Å². The summed E-state index contributed by atoms with van der Waals surface area (Å²) in [5, 5.41) is 12.3. The highest BCUT2D eigenvalue weighted by Gasteiger charge is 2.40. The predicted octanol–water partition coefficient (Wildman–Crippen LogP) is 6.19. The minimum Gasteiger partial charge on any atom is -0.487 e. The Morgan fingerprint density at radius 2 is 1.70 bits per heavy atom. The quantitative estimate of drug-likeness (QED) is 0.213. The number of benzene rings is 3. The zero-order valence-corrected chi connectivity index (χ0v) is 22.8. The van der Waals surface area contributed by atoms with Crippen LogP contribution in [0.2, 0.25) is 15.1 Å². The van der Waals surface area contributed by atoms with E-state index in [0.717, 1.165) is 17.5 Å². The number of carbonyl (C=O) groups is 1. The van der Waals surface area contributed by atoms with Crippen molar-refractivity contribution in [2.24, 2.45) is 5.84 Å². The molecule has 2 atom stereocenters. The molecule has 2 unspecified atom stereocenters. The molecule has 4 rings (SSSR count). The van der Waals surface area contributed by atoms with Gasteiger partial charge >= 0.3 is 5.97 Å². The van der Waals surface area contributed by atoms with Gasteiger partial charge < -0.3 is 20.6 Å². The number of hydrazine groups is 1. The number of nitrogens with two attached hydrogens (primary N) is 1. The third kappa shape index (κ3) is 6.06. The smallest absolute Gasteiger partial charge is 0.335 e. The Bertz CT molecular complexity index is 1320. The lowest BCUT2D eigenvalue weighted by Gasteiger charge is -2.26. The number of halogens is 3. The van der Waals surface area contributed by atoms with E-state index in [1.807, 2.05) is 38.1 Å². The van der Waals surface area contributed by atoms with Crippen molar-refractivity contribution in [3.8, 4) is 5.75 Å². The zero-order valence-electron chi connectivity index (χ0n) is 20.5. The van der Waals surface area contributed by atoms with E-state index in [1.165, 1.54) is 0 Å². The standard InChI is InChI=1S/C28H28Cl3N3O3/c1-15(2)34(33)25(27(32)26-22(29)4-3-5-23(26)30)14-37-18-10-11-19(24(31)12-18)21-13-20(21)16-6-8-17(9-7-16)28(35)36/h3-12,15,20-21H,13-14,32-33H2,1-2H3,(H,35,36)/p+1/b27-25-. The second-order valence-electron chi connectivity index (χ2n) is 9.37. The van der Waals surface area contributed by atoms with Crippen molar-refractivity contribution in [3.05, 3.63) is 104 Å². The van der Waals surface area contributed by atoms with Crippen LogP contribution in [0.4, 0.5) is 0 Å². The lowest BCUT2D eigenvalue weighted by molar-refractivity contribution is -0.246. The summed E-state index contributed by atoms with van der Waals surface area (Å²) in [4.78, 5) is 11.1. The van der Waals surface area contributed by atoms with Gasteiger partial charge in [-0.3, -0.25) is 0 Å². The van der Waals surface area contributed by atoms with Crippen molar-refractivity contribution in [2.45, 2.75) is 38.1 Å². The minimum absolute atomic E-state index is 0.0149. The van der Waals surface area contributed by atoms with E-state index >= 15 is 0 Å². The van der Waals surface area contributed by atoms with E-state index in [-0.39, 0.29) is 24.1 Å². The first-order chi connectivity index (χ1) is 17.6. The van der Waals surface area contributed by atoms with Crippen molar-refractivity contribution in [2.75, 3.05) is 6.61 Å². The summed E-state index contributed by atoms with van der Waals surface area (Å²) < 4.78 is 6.10. The van der Waals surface area contributed by atoms with Gasteiger partial charge in [0.25, 0.3) is 0 Å². The van der Waals surface area contributed by atoms with E-state index in [9.17, 15) is 4.79 Å². The van der Waals surface area contributed by atoms with Crippen molar-refractivity contribution in [1.29, 1.82) is 0 Å². The summed E-state index contributed by atoms with van der Waals surface area (Å²) >= 11 is 19.5. The number of hydrogen-bond donors (Lipinski definition) is 3. The number of carboxylic acids is 1. The molecule has 0 radical (unpaired) electrons. The van der Waals surface area contributed by atoms with Gasteiger partial charge in [0, 0.05) is 11.1 Å². The molecule has 0 spiro atoms. The SMILES string of the molecule is CC(C)N(N)/C(COc1ccc(C2CC2c2ccc(C(=O)O)cc2)c(Cl)c1)=C(\[NH3+])c1c(Cl)cccc1Cl. The molecule has 37 heavy (non-hydrogen) atoms. The molecule has 3 aromatic carbocycles. The topological polar surface area (TPSA) is 103 Å². The first-order valence-corrected chi connectivity index (χ1v) is 13.0. The maximum absolute atomic E-state index is 11.1. The maximum atomic E-state index is 11.1. The highest BCUT2D eigenvalue weighted by molar-refractivity contribution is 6.37. The van der Waals surface area contributed by atoms with E-state index in [1.54, 1.807) is 41.4 Å². The normalized spacial score (nSPS) is 17.4. The average molecular weight is 562 g/mol. The molecule has 1 saturated carbocycles. The second-order valence-corrected chi connectivity index (χ2v) is 10.6. The lowest BCUT2D eigenvalue weighted by Crippen LogP contribution is -2.51. The average Bonchev–Trinajstić information content (AvgIpc) is 3.64. The van der Waals surface area contributed by atoms with Gasteiger partial charge in [-0.2, -0.15) is 0 Å². The largest absolute Gasteiger partial charge is 0.487 e. The third-order valence-corrected chi connectivity index (χ3v) is 7.56. The van der Waals surface area contributed by atoms with Gasteiger partial charge in [0.1, 0.15) is 18.1 Å². The van der Waals surface area contributed by atoms with Crippen LogP contribution in [0.15, 0.2) is 66.4 Å².